The summed E-state index contributed by atoms with van der Waals surface area (Å²) in [5.41, 5.74) is 4.59. The summed E-state index contributed by atoms with van der Waals surface area (Å²) in [6.45, 7) is 8.18. The maximum Gasteiger partial charge on any atom is 0.0196 e. The molecule has 1 aromatic rings. The van der Waals surface area contributed by atoms with Gasteiger partial charge < -0.3 is 0 Å². The van der Waals surface area contributed by atoms with Gasteiger partial charge in [0.2, 0.25) is 0 Å². The Bertz CT molecular complexity index is 413. The molecule has 19 heavy (non-hydrogen) atoms. The minimum Gasteiger partial charge on any atom is -0.299 e. The van der Waals surface area contributed by atoms with E-state index in [1.807, 2.05) is 0 Å². The van der Waals surface area contributed by atoms with E-state index in [-0.39, 0.29) is 0 Å². The van der Waals surface area contributed by atoms with Crippen LogP contribution in [0, 0.1) is 0 Å². The van der Waals surface area contributed by atoms with Crippen molar-refractivity contribution in [3.05, 3.63) is 41.0 Å². The van der Waals surface area contributed by atoms with E-state index in [1.165, 1.54) is 56.3 Å². The van der Waals surface area contributed by atoms with Crippen molar-refractivity contribution in [3.63, 3.8) is 0 Å². The van der Waals surface area contributed by atoms with Crippen LogP contribution < -0.4 is 0 Å². The van der Waals surface area contributed by atoms with E-state index < -0.39 is 0 Å². The van der Waals surface area contributed by atoms with Gasteiger partial charge in [0, 0.05) is 6.54 Å². The second-order valence-corrected chi connectivity index (χ2v) is 5.63. The Balaban J connectivity index is 2.09. The van der Waals surface area contributed by atoms with Crippen molar-refractivity contribution < 1.29 is 0 Å². The van der Waals surface area contributed by atoms with Gasteiger partial charge in [0.1, 0.15) is 0 Å². The number of nitrogens with zero attached hydrogens (tertiary/aromatic N) is 1. The molecule has 0 spiro atoms. The first-order chi connectivity index (χ1) is 9.33. The molecule has 0 amide bonds. The molecule has 1 aromatic carbocycles. The Labute approximate surface area is 118 Å². The largest absolute Gasteiger partial charge is 0.299 e. The van der Waals surface area contributed by atoms with E-state index in [1.54, 1.807) is 5.57 Å². The Hall–Kier alpha value is -1.08. The number of hydrogen-bond donors (Lipinski definition) is 0. The number of aryl methyl sites for hydroxylation is 1. The highest BCUT2D eigenvalue weighted by Gasteiger charge is 2.11. The summed E-state index contributed by atoms with van der Waals surface area (Å²) in [7, 11) is 0. The molecule has 0 bridgehead atoms. The van der Waals surface area contributed by atoms with Gasteiger partial charge in [-0.1, -0.05) is 49.8 Å². The highest BCUT2D eigenvalue weighted by molar-refractivity contribution is 5.58. The highest BCUT2D eigenvalue weighted by Crippen LogP contribution is 2.23. The van der Waals surface area contributed by atoms with Gasteiger partial charge in [-0.2, -0.15) is 0 Å². The first kappa shape index (κ1) is 14.3. The first-order valence-electron chi connectivity index (χ1n) is 7.83. The fraction of sp³-hybridized carbons (Fsp3) is 0.556. The second-order valence-electron chi connectivity index (χ2n) is 5.63. The molecule has 0 saturated heterocycles. The van der Waals surface area contributed by atoms with Crippen LogP contribution in [0.15, 0.2) is 29.8 Å². The maximum absolute atomic E-state index is 2.61. The lowest BCUT2D eigenvalue weighted by atomic mass is 10.1. The lowest BCUT2D eigenvalue weighted by molar-refractivity contribution is 0.295. The quantitative estimate of drug-likeness (QED) is 0.724. The molecule has 0 unspecified atom stereocenters. The molecule has 0 radical (unpaired) electrons. The molecule has 0 atom stereocenters. The van der Waals surface area contributed by atoms with E-state index in [9.17, 15) is 0 Å². The molecule has 1 aliphatic carbocycles. The molecular weight excluding hydrogens is 230 g/mol. The van der Waals surface area contributed by atoms with Gasteiger partial charge in [0.05, 0.1) is 0 Å². The SMILES string of the molecule is CCCN(CCC)CC1=Cc2ccccc2CCC1. The zero-order valence-electron chi connectivity index (χ0n) is 12.5. The molecule has 0 aromatic heterocycles. The van der Waals surface area contributed by atoms with Crippen LogP contribution in [-0.4, -0.2) is 24.5 Å². The second kappa shape index (κ2) is 7.49. The van der Waals surface area contributed by atoms with E-state index in [0.717, 1.165) is 6.54 Å². The van der Waals surface area contributed by atoms with E-state index in [0.29, 0.717) is 0 Å². The van der Waals surface area contributed by atoms with Crippen molar-refractivity contribution in [2.24, 2.45) is 0 Å². The van der Waals surface area contributed by atoms with Crippen molar-refractivity contribution in [3.8, 4) is 0 Å². The van der Waals surface area contributed by atoms with Crippen molar-refractivity contribution in [2.45, 2.75) is 46.0 Å². The lowest BCUT2D eigenvalue weighted by Crippen LogP contribution is -2.27. The minimum absolute atomic E-state index is 1.16. The smallest absolute Gasteiger partial charge is 0.0196 e. The summed E-state index contributed by atoms with van der Waals surface area (Å²) >= 11 is 0. The standard InChI is InChI=1S/C18H27N/c1-3-12-19(13-4-2)15-16-8-7-11-17-9-5-6-10-18(17)14-16/h5-6,9-10,14H,3-4,7-8,11-13,15H2,1-2H3. The highest BCUT2D eigenvalue weighted by atomic mass is 15.1. The van der Waals surface area contributed by atoms with Crippen LogP contribution in [-0.2, 0) is 6.42 Å². The molecule has 1 nitrogen and oxygen atoms in total. The molecule has 0 saturated carbocycles. The van der Waals surface area contributed by atoms with E-state index in [2.05, 4.69) is 49.1 Å². The fourth-order valence-electron chi connectivity index (χ4n) is 3.01. The summed E-state index contributed by atoms with van der Waals surface area (Å²) in [6.07, 6.45) is 8.75. The third-order valence-corrected chi connectivity index (χ3v) is 3.87. The van der Waals surface area contributed by atoms with Crippen molar-refractivity contribution in [1.29, 1.82) is 0 Å². The van der Waals surface area contributed by atoms with Gasteiger partial charge in [-0.15, -0.1) is 0 Å². The van der Waals surface area contributed by atoms with Crippen LogP contribution in [0.25, 0.3) is 6.08 Å². The first-order valence-corrected chi connectivity index (χ1v) is 7.83. The third-order valence-electron chi connectivity index (χ3n) is 3.87. The topological polar surface area (TPSA) is 3.24 Å². The molecule has 104 valence electrons. The normalized spacial score (nSPS) is 15.0. The zero-order chi connectivity index (χ0) is 13.5. The van der Waals surface area contributed by atoms with Gasteiger partial charge in [-0.05, 0) is 56.3 Å². The minimum atomic E-state index is 1.16. The summed E-state index contributed by atoms with van der Waals surface area (Å²) in [5, 5.41) is 0. The molecule has 2 rings (SSSR count). The van der Waals surface area contributed by atoms with Crippen molar-refractivity contribution in [2.75, 3.05) is 19.6 Å². The van der Waals surface area contributed by atoms with Gasteiger partial charge in [0.15, 0.2) is 0 Å². The van der Waals surface area contributed by atoms with Gasteiger partial charge in [-0.25, -0.2) is 0 Å². The predicted molar refractivity (Wildman–Crippen MR) is 84.4 cm³/mol. The summed E-state index contributed by atoms with van der Waals surface area (Å²) in [4.78, 5) is 2.61. The van der Waals surface area contributed by atoms with Crippen LogP contribution in [0.2, 0.25) is 0 Å². The molecule has 0 heterocycles. The van der Waals surface area contributed by atoms with Crippen molar-refractivity contribution in [1.82, 2.24) is 4.90 Å². The fourth-order valence-corrected chi connectivity index (χ4v) is 3.01. The maximum atomic E-state index is 2.61. The summed E-state index contributed by atoms with van der Waals surface area (Å²) in [5.74, 6) is 0. The van der Waals surface area contributed by atoms with E-state index in [4.69, 9.17) is 0 Å². The molecule has 0 aliphatic heterocycles. The van der Waals surface area contributed by atoms with Crippen LogP contribution in [0.1, 0.15) is 50.7 Å². The third kappa shape index (κ3) is 4.21. The van der Waals surface area contributed by atoms with Gasteiger partial charge >= 0.3 is 0 Å². The number of benzene rings is 1. The van der Waals surface area contributed by atoms with Crippen LogP contribution in [0.3, 0.4) is 0 Å². The summed E-state index contributed by atoms with van der Waals surface area (Å²) < 4.78 is 0. The lowest BCUT2D eigenvalue weighted by Gasteiger charge is -2.22. The Morgan fingerprint density at radius 1 is 1.00 bits per heavy atom. The monoisotopic (exact) mass is 257 g/mol. The number of fused-ring (bicyclic) bond motifs is 1. The Morgan fingerprint density at radius 3 is 2.47 bits per heavy atom. The average molecular weight is 257 g/mol. The van der Waals surface area contributed by atoms with Crippen LogP contribution >= 0.6 is 0 Å². The Kier molecular flexibility index (Phi) is 5.65. The number of rotatable bonds is 6. The van der Waals surface area contributed by atoms with Gasteiger partial charge in [-0.3, -0.25) is 4.90 Å². The molecular formula is C18H27N. The molecule has 0 fully saturated rings. The molecule has 1 aliphatic rings. The summed E-state index contributed by atoms with van der Waals surface area (Å²) in [6, 6.07) is 8.88. The van der Waals surface area contributed by atoms with Gasteiger partial charge in [0.25, 0.3) is 0 Å². The molecule has 1 heteroatoms. The molecule has 0 N–H and O–H groups in total. The van der Waals surface area contributed by atoms with E-state index >= 15 is 0 Å². The number of hydrogen-bond acceptors (Lipinski definition) is 1. The average Bonchev–Trinajstić information content (AvgIpc) is 2.61. The van der Waals surface area contributed by atoms with Crippen LogP contribution in [0.5, 0.6) is 0 Å². The zero-order valence-corrected chi connectivity index (χ0v) is 12.5. The van der Waals surface area contributed by atoms with Crippen molar-refractivity contribution >= 4 is 6.08 Å². The van der Waals surface area contributed by atoms with Crippen LogP contribution in [0.4, 0.5) is 0 Å². The predicted octanol–water partition coefficient (Wildman–Crippen LogP) is 4.53. The Morgan fingerprint density at radius 2 is 1.74 bits per heavy atom.